The standard InChI is InChI=1S/C18H22N4O4S/c1-12(26-15-7-5-14(25-2)6-8-15)17(24)22-9-3-4-13(10-22)16(23)20-18-21-19-11-27-18/h5-8,11-13H,3-4,9-10H2,1-2H3,(H,20,21,23)/t12-,13-/m1/s1. The number of likely N-dealkylation sites (tertiary alicyclic amines) is 1. The second-order valence-electron chi connectivity index (χ2n) is 6.29. The van der Waals surface area contributed by atoms with Crippen LogP contribution >= 0.6 is 11.3 Å². The van der Waals surface area contributed by atoms with Gasteiger partial charge in [-0.15, -0.1) is 10.2 Å². The van der Waals surface area contributed by atoms with Gasteiger partial charge in [-0.25, -0.2) is 0 Å². The minimum Gasteiger partial charge on any atom is -0.497 e. The van der Waals surface area contributed by atoms with Crippen LogP contribution < -0.4 is 14.8 Å². The maximum Gasteiger partial charge on any atom is 0.263 e. The molecule has 8 nitrogen and oxygen atoms in total. The van der Waals surface area contributed by atoms with Crippen LogP contribution in [-0.2, 0) is 9.59 Å². The summed E-state index contributed by atoms with van der Waals surface area (Å²) in [6.45, 7) is 2.72. The maximum absolute atomic E-state index is 12.7. The van der Waals surface area contributed by atoms with Crippen LogP contribution in [0.25, 0.3) is 0 Å². The Morgan fingerprint density at radius 2 is 2.04 bits per heavy atom. The molecule has 1 fully saturated rings. The first kappa shape index (κ1) is 19.1. The van der Waals surface area contributed by atoms with E-state index in [0.717, 1.165) is 18.6 Å². The number of methoxy groups -OCH3 is 1. The van der Waals surface area contributed by atoms with E-state index in [-0.39, 0.29) is 17.7 Å². The third kappa shape index (κ3) is 4.94. The van der Waals surface area contributed by atoms with Gasteiger partial charge >= 0.3 is 0 Å². The van der Waals surface area contributed by atoms with Gasteiger partial charge in [0.1, 0.15) is 17.0 Å². The number of rotatable bonds is 6. The third-order valence-electron chi connectivity index (χ3n) is 4.41. The summed E-state index contributed by atoms with van der Waals surface area (Å²) in [6.07, 6.45) is 0.875. The van der Waals surface area contributed by atoms with Gasteiger partial charge in [0.15, 0.2) is 6.10 Å². The van der Waals surface area contributed by atoms with Gasteiger partial charge in [0.25, 0.3) is 5.91 Å². The van der Waals surface area contributed by atoms with Crippen molar-refractivity contribution in [2.24, 2.45) is 5.92 Å². The van der Waals surface area contributed by atoms with E-state index in [9.17, 15) is 9.59 Å². The highest BCUT2D eigenvalue weighted by molar-refractivity contribution is 7.13. The van der Waals surface area contributed by atoms with Crippen LogP contribution in [0, 0.1) is 5.92 Å². The monoisotopic (exact) mass is 390 g/mol. The fourth-order valence-corrected chi connectivity index (χ4v) is 3.44. The van der Waals surface area contributed by atoms with Crippen LogP contribution in [0.1, 0.15) is 19.8 Å². The molecule has 0 unspecified atom stereocenters. The van der Waals surface area contributed by atoms with Gasteiger partial charge in [-0.2, -0.15) is 0 Å². The first-order chi connectivity index (χ1) is 13.1. The van der Waals surface area contributed by atoms with E-state index >= 15 is 0 Å². The summed E-state index contributed by atoms with van der Waals surface area (Å²) in [4.78, 5) is 26.8. The maximum atomic E-state index is 12.7. The summed E-state index contributed by atoms with van der Waals surface area (Å²) < 4.78 is 10.9. The number of piperidine rings is 1. The summed E-state index contributed by atoms with van der Waals surface area (Å²) in [6, 6.07) is 7.08. The Morgan fingerprint density at radius 1 is 1.30 bits per heavy atom. The van der Waals surface area contributed by atoms with E-state index in [0.29, 0.717) is 24.0 Å². The van der Waals surface area contributed by atoms with Crippen LogP contribution in [0.15, 0.2) is 29.8 Å². The zero-order chi connectivity index (χ0) is 19.2. The fourth-order valence-electron chi connectivity index (χ4n) is 2.99. The minimum absolute atomic E-state index is 0.126. The quantitative estimate of drug-likeness (QED) is 0.813. The Bertz CT molecular complexity index is 766. The van der Waals surface area contributed by atoms with E-state index < -0.39 is 6.10 Å². The predicted octanol–water partition coefficient (Wildman–Crippen LogP) is 2.19. The molecule has 144 valence electrons. The van der Waals surface area contributed by atoms with E-state index in [1.165, 1.54) is 11.3 Å². The lowest BCUT2D eigenvalue weighted by molar-refractivity contribution is -0.140. The lowest BCUT2D eigenvalue weighted by Crippen LogP contribution is -2.48. The van der Waals surface area contributed by atoms with Gasteiger partial charge < -0.3 is 19.7 Å². The van der Waals surface area contributed by atoms with Gasteiger partial charge in [-0.05, 0) is 44.0 Å². The molecule has 1 saturated heterocycles. The van der Waals surface area contributed by atoms with Crippen molar-refractivity contribution in [2.45, 2.75) is 25.9 Å². The molecule has 2 heterocycles. The Balaban J connectivity index is 1.55. The average molecular weight is 390 g/mol. The van der Waals surface area contributed by atoms with Gasteiger partial charge in [0, 0.05) is 13.1 Å². The number of aromatic nitrogens is 2. The zero-order valence-electron chi connectivity index (χ0n) is 15.3. The normalized spacial score (nSPS) is 17.9. The number of ether oxygens (including phenoxy) is 2. The molecule has 3 rings (SSSR count). The molecule has 0 radical (unpaired) electrons. The molecule has 0 bridgehead atoms. The SMILES string of the molecule is COc1ccc(O[C@H](C)C(=O)N2CCC[C@@H](C(=O)Nc3nncs3)C2)cc1. The van der Waals surface area contributed by atoms with Crippen LogP contribution in [0.5, 0.6) is 11.5 Å². The molecule has 0 saturated carbocycles. The van der Waals surface area contributed by atoms with Crippen molar-refractivity contribution < 1.29 is 19.1 Å². The van der Waals surface area contributed by atoms with Crippen molar-refractivity contribution in [3.05, 3.63) is 29.8 Å². The van der Waals surface area contributed by atoms with E-state index in [1.807, 2.05) is 0 Å². The van der Waals surface area contributed by atoms with Crippen molar-refractivity contribution in [1.82, 2.24) is 15.1 Å². The molecule has 0 spiro atoms. The van der Waals surface area contributed by atoms with Crippen molar-refractivity contribution in [3.63, 3.8) is 0 Å². The molecule has 1 N–H and O–H groups in total. The molecule has 1 aliphatic rings. The molecule has 1 aromatic heterocycles. The number of nitrogens with zero attached hydrogens (tertiary/aromatic N) is 3. The van der Waals surface area contributed by atoms with Crippen molar-refractivity contribution >= 4 is 28.3 Å². The number of hydrogen-bond donors (Lipinski definition) is 1. The number of carbonyl (C=O) groups is 2. The van der Waals surface area contributed by atoms with Crippen LogP contribution in [0.4, 0.5) is 5.13 Å². The van der Waals surface area contributed by atoms with Gasteiger partial charge in [-0.1, -0.05) is 11.3 Å². The summed E-state index contributed by atoms with van der Waals surface area (Å²) in [7, 11) is 1.59. The molecule has 2 aromatic rings. The molecule has 1 aliphatic heterocycles. The van der Waals surface area contributed by atoms with Gasteiger partial charge in [-0.3, -0.25) is 9.59 Å². The number of benzene rings is 1. The van der Waals surface area contributed by atoms with Crippen LogP contribution in [0.3, 0.4) is 0 Å². The molecular weight excluding hydrogens is 368 g/mol. The highest BCUT2D eigenvalue weighted by Crippen LogP contribution is 2.22. The minimum atomic E-state index is -0.636. The number of anilines is 1. The van der Waals surface area contributed by atoms with Gasteiger partial charge in [0.2, 0.25) is 11.0 Å². The van der Waals surface area contributed by atoms with Gasteiger partial charge in [0.05, 0.1) is 13.0 Å². The molecule has 2 atom stereocenters. The van der Waals surface area contributed by atoms with Crippen molar-refractivity contribution in [2.75, 3.05) is 25.5 Å². The smallest absolute Gasteiger partial charge is 0.263 e. The Morgan fingerprint density at radius 3 is 2.70 bits per heavy atom. The van der Waals surface area contributed by atoms with Crippen molar-refractivity contribution in [1.29, 1.82) is 0 Å². The Kier molecular flexibility index (Phi) is 6.23. The Hall–Kier alpha value is -2.68. The number of hydrogen-bond acceptors (Lipinski definition) is 7. The average Bonchev–Trinajstić information content (AvgIpc) is 3.21. The summed E-state index contributed by atoms with van der Waals surface area (Å²) in [5.74, 6) is 0.799. The molecule has 9 heteroatoms. The predicted molar refractivity (Wildman–Crippen MR) is 101 cm³/mol. The highest BCUT2D eigenvalue weighted by Gasteiger charge is 2.31. The van der Waals surface area contributed by atoms with Crippen LogP contribution in [0.2, 0.25) is 0 Å². The number of nitrogens with one attached hydrogen (secondary N) is 1. The zero-order valence-corrected chi connectivity index (χ0v) is 16.1. The molecule has 2 amide bonds. The lowest BCUT2D eigenvalue weighted by atomic mass is 9.97. The molecule has 1 aromatic carbocycles. The van der Waals surface area contributed by atoms with E-state index in [2.05, 4.69) is 15.5 Å². The molecule has 0 aliphatic carbocycles. The lowest BCUT2D eigenvalue weighted by Gasteiger charge is -2.33. The third-order valence-corrected chi connectivity index (χ3v) is 5.02. The topological polar surface area (TPSA) is 93.7 Å². The second kappa shape index (κ2) is 8.81. The van der Waals surface area contributed by atoms with Crippen molar-refractivity contribution in [3.8, 4) is 11.5 Å². The summed E-state index contributed by atoms with van der Waals surface area (Å²) in [5, 5.41) is 10.7. The summed E-state index contributed by atoms with van der Waals surface area (Å²) in [5.41, 5.74) is 1.56. The first-order valence-electron chi connectivity index (χ1n) is 8.73. The highest BCUT2D eigenvalue weighted by atomic mass is 32.1. The van der Waals surface area contributed by atoms with E-state index in [1.54, 1.807) is 48.7 Å². The second-order valence-corrected chi connectivity index (χ2v) is 7.13. The number of carbonyl (C=O) groups excluding carboxylic acids is 2. The number of amides is 2. The van der Waals surface area contributed by atoms with E-state index in [4.69, 9.17) is 9.47 Å². The van der Waals surface area contributed by atoms with Crippen LogP contribution in [-0.4, -0.2) is 53.2 Å². The first-order valence-corrected chi connectivity index (χ1v) is 9.61. The largest absolute Gasteiger partial charge is 0.497 e. The molecular formula is C18H22N4O4S. The fraction of sp³-hybridized carbons (Fsp3) is 0.444. The Labute approximate surface area is 161 Å². The molecule has 27 heavy (non-hydrogen) atoms. The summed E-state index contributed by atoms with van der Waals surface area (Å²) >= 11 is 1.27.